The lowest BCUT2D eigenvalue weighted by Gasteiger charge is -1.89. The van der Waals surface area contributed by atoms with Gasteiger partial charge in [-0.2, -0.15) is 0 Å². The molecule has 1 aromatic heterocycles. The molecule has 0 saturated heterocycles. The normalized spacial score (nSPS) is 10.2. The second-order valence-electron chi connectivity index (χ2n) is 2.31. The molecule has 2 rings (SSSR count). The van der Waals surface area contributed by atoms with E-state index in [-0.39, 0.29) is 0 Å². The van der Waals surface area contributed by atoms with E-state index in [0.717, 1.165) is 10.9 Å². The van der Waals surface area contributed by atoms with Crippen LogP contribution in [0.2, 0.25) is 0 Å². The summed E-state index contributed by atoms with van der Waals surface area (Å²) in [5.74, 6) is 0. The van der Waals surface area contributed by atoms with Crippen molar-refractivity contribution in [2.75, 3.05) is 0 Å². The summed E-state index contributed by atoms with van der Waals surface area (Å²) in [5.41, 5.74) is 1.44. The van der Waals surface area contributed by atoms with E-state index in [1.54, 1.807) is 18.3 Å². The number of H-pyrrole nitrogens is 1. The Morgan fingerprint density at radius 2 is 2.18 bits per heavy atom. The number of hydrogen-bond donors (Lipinski definition) is 1. The van der Waals surface area contributed by atoms with Crippen molar-refractivity contribution in [2.45, 2.75) is 0 Å². The van der Waals surface area contributed by atoms with E-state index < -0.39 is 0 Å². The van der Waals surface area contributed by atoms with Gasteiger partial charge in [0.05, 0.1) is 0 Å². The molecule has 0 bridgehead atoms. The molecule has 0 aliphatic carbocycles. The van der Waals surface area contributed by atoms with Crippen LogP contribution in [0.15, 0.2) is 35.6 Å². The molecule has 1 heterocycles. The summed E-state index contributed by atoms with van der Waals surface area (Å²) in [7, 11) is 0. The molecule has 54 valence electrons. The van der Waals surface area contributed by atoms with Gasteiger partial charge in [0.2, 0.25) is 0 Å². The van der Waals surface area contributed by atoms with Crippen molar-refractivity contribution in [3.05, 3.63) is 35.4 Å². The van der Waals surface area contributed by atoms with Crippen LogP contribution in [0.25, 0.3) is 10.9 Å². The number of nitrogens with zero attached hydrogens (tertiary/aromatic N) is 1. The second-order valence-corrected chi connectivity index (χ2v) is 2.31. The van der Waals surface area contributed by atoms with Crippen molar-refractivity contribution in [2.24, 2.45) is 5.18 Å². The second kappa shape index (κ2) is 2.20. The molecule has 2 aromatic rings. The number of hydrogen-bond acceptors (Lipinski definition) is 2. The summed E-state index contributed by atoms with van der Waals surface area (Å²) in [5, 5.41) is 3.78. The highest BCUT2D eigenvalue weighted by Gasteiger charge is 1.98. The zero-order valence-electron chi connectivity index (χ0n) is 5.74. The van der Waals surface area contributed by atoms with Crippen LogP contribution in [-0.4, -0.2) is 4.98 Å². The molecule has 0 unspecified atom stereocenters. The predicted molar refractivity (Wildman–Crippen MR) is 43.8 cm³/mol. The molecular weight excluding hydrogens is 140 g/mol. The van der Waals surface area contributed by atoms with E-state index >= 15 is 0 Å². The van der Waals surface area contributed by atoms with E-state index in [9.17, 15) is 4.91 Å². The van der Waals surface area contributed by atoms with E-state index in [0.29, 0.717) is 5.69 Å². The van der Waals surface area contributed by atoms with Crippen LogP contribution in [0.4, 0.5) is 5.69 Å². The van der Waals surface area contributed by atoms with Crippen LogP contribution in [0.5, 0.6) is 0 Å². The van der Waals surface area contributed by atoms with Gasteiger partial charge in [-0.1, -0.05) is 6.07 Å². The first-order valence-electron chi connectivity index (χ1n) is 3.31. The van der Waals surface area contributed by atoms with Crippen molar-refractivity contribution >= 4 is 16.6 Å². The van der Waals surface area contributed by atoms with Crippen molar-refractivity contribution in [3.8, 4) is 0 Å². The van der Waals surface area contributed by atoms with Crippen LogP contribution in [0, 0.1) is 4.91 Å². The van der Waals surface area contributed by atoms with Crippen molar-refractivity contribution in [3.63, 3.8) is 0 Å². The predicted octanol–water partition coefficient (Wildman–Crippen LogP) is 2.57. The molecule has 1 N–H and O–H groups in total. The molecular formula is C8H6N2O. The Kier molecular flexibility index (Phi) is 1.22. The van der Waals surface area contributed by atoms with Gasteiger partial charge in [0, 0.05) is 17.1 Å². The fourth-order valence-electron chi connectivity index (χ4n) is 1.15. The Morgan fingerprint density at radius 1 is 1.27 bits per heavy atom. The van der Waals surface area contributed by atoms with Gasteiger partial charge in [-0.05, 0) is 23.4 Å². The molecule has 0 amide bonds. The number of benzene rings is 1. The lowest BCUT2D eigenvalue weighted by molar-refractivity contribution is 1.47. The highest BCUT2D eigenvalue weighted by Crippen LogP contribution is 2.23. The minimum atomic E-state index is 0.490. The quantitative estimate of drug-likeness (QED) is 0.617. The smallest absolute Gasteiger partial charge is 0.117 e. The summed E-state index contributed by atoms with van der Waals surface area (Å²) in [6.07, 6.45) is 1.79. The summed E-state index contributed by atoms with van der Waals surface area (Å²) in [4.78, 5) is 13.2. The fourth-order valence-corrected chi connectivity index (χ4v) is 1.15. The lowest BCUT2D eigenvalue weighted by Crippen LogP contribution is -1.66. The zero-order chi connectivity index (χ0) is 7.68. The number of aromatic nitrogens is 1. The summed E-state index contributed by atoms with van der Waals surface area (Å²) >= 11 is 0. The van der Waals surface area contributed by atoms with Gasteiger partial charge in [-0.15, -0.1) is 4.91 Å². The lowest BCUT2D eigenvalue weighted by atomic mass is 10.2. The molecule has 0 aliphatic rings. The third kappa shape index (κ3) is 0.816. The maximum Gasteiger partial charge on any atom is 0.117 e. The molecule has 3 nitrogen and oxygen atoms in total. The monoisotopic (exact) mass is 146 g/mol. The number of fused-ring (bicyclic) bond motifs is 1. The van der Waals surface area contributed by atoms with Gasteiger partial charge in [-0.3, -0.25) is 0 Å². The third-order valence-electron chi connectivity index (χ3n) is 1.67. The number of aromatic amines is 1. The minimum absolute atomic E-state index is 0.490. The highest BCUT2D eigenvalue weighted by atomic mass is 16.3. The van der Waals surface area contributed by atoms with Crippen LogP contribution < -0.4 is 0 Å². The van der Waals surface area contributed by atoms with Crippen LogP contribution in [0.1, 0.15) is 0 Å². The van der Waals surface area contributed by atoms with Crippen LogP contribution in [0.3, 0.4) is 0 Å². The average Bonchev–Trinajstić information content (AvgIpc) is 2.50. The Bertz CT molecular complexity index is 392. The van der Waals surface area contributed by atoms with E-state index in [1.807, 2.05) is 12.1 Å². The number of nitroso groups, excluding NO2 is 1. The maximum absolute atomic E-state index is 10.3. The first kappa shape index (κ1) is 6.09. The largest absolute Gasteiger partial charge is 0.361 e. The molecule has 0 saturated carbocycles. The Morgan fingerprint density at radius 3 is 3.00 bits per heavy atom. The van der Waals surface area contributed by atoms with Crippen LogP contribution >= 0.6 is 0 Å². The molecule has 1 aromatic carbocycles. The van der Waals surface area contributed by atoms with Crippen molar-refractivity contribution < 1.29 is 0 Å². The molecule has 0 radical (unpaired) electrons. The molecule has 11 heavy (non-hydrogen) atoms. The molecule has 0 aliphatic heterocycles. The summed E-state index contributed by atoms with van der Waals surface area (Å²) in [6.45, 7) is 0. The van der Waals surface area contributed by atoms with E-state index in [4.69, 9.17) is 0 Å². The van der Waals surface area contributed by atoms with Crippen LogP contribution in [-0.2, 0) is 0 Å². The fraction of sp³-hybridized carbons (Fsp3) is 0. The Labute approximate surface area is 63.0 Å². The standard InChI is InChI=1S/C8H6N2O/c11-10-8-3-1-2-7-6(8)4-5-9-7/h1-5,9H. The van der Waals surface area contributed by atoms with Crippen molar-refractivity contribution in [1.82, 2.24) is 4.98 Å². The molecule has 0 atom stereocenters. The zero-order valence-corrected chi connectivity index (χ0v) is 5.74. The highest BCUT2D eigenvalue weighted by molar-refractivity contribution is 5.90. The van der Waals surface area contributed by atoms with Gasteiger partial charge < -0.3 is 4.98 Å². The van der Waals surface area contributed by atoms with Gasteiger partial charge in [0.25, 0.3) is 0 Å². The van der Waals surface area contributed by atoms with Crippen molar-refractivity contribution in [1.29, 1.82) is 0 Å². The first-order chi connectivity index (χ1) is 5.42. The molecule has 0 spiro atoms. The SMILES string of the molecule is O=Nc1cccc2[nH]ccc12. The summed E-state index contributed by atoms with van der Waals surface area (Å²) in [6, 6.07) is 7.24. The molecule has 0 fully saturated rings. The first-order valence-corrected chi connectivity index (χ1v) is 3.31. The maximum atomic E-state index is 10.3. The molecule has 3 heteroatoms. The summed E-state index contributed by atoms with van der Waals surface area (Å²) < 4.78 is 0. The topological polar surface area (TPSA) is 45.2 Å². The number of rotatable bonds is 1. The van der Waals surface area contributed by atoms with E-state index in [2.05, 4.69) is 10.2 Å². The minimum Gasteiger partial charge on any atom is -0.361 e. The Hall–Kier alpha value is -1.64. The van der Waals surface area contributed by atoms with Gasteiger partial charge in [-0.25, -0.2) is 0 Å². The van der Waals surface area contributed by atoms with Gasteiger partial charge >= 0.3 is 0 Å². The van der Waals surface area contributed by atoms with Gasteiger partial charge in [0.1, 0.15) is 5.69 Å². The van der Waals surface area contributed by atoms with Gasteiger partial charge in [0.15, 0.2) is 0 Å². The number of nitrogens with one attached hydrogen (secondary N) is 1. The third-order valence-corrected chi connectivity index (χ3v) is 1.67. The Balaban J connectivity index is 2.88. The van der Waals surface area contributed by atoms with E-state index in [1.165, 1.54) is 0 Å². The average molecular weight is 146 g/mol.